The van der Waals surface area contributed by atoms with E-state index in [0.717, 1.165) is 6.07 Å². The van der Waals surface area contributed by atoms with Crippen LogP contribution in [0.5, 0.6) is 0 Å². The number of hydrogen-bond donors (Lipinski definition) is 1. The van der Waals surface area contributed by atoms with Crippen molar-refractivity contribution in [3.63, 3.8) is 0 Å². The summed E-state index contributed by atoms with van der Waals surface area (Å²) >= 11 is 0. The molecule has 0 radical (unpaired) electrons. The topological polar surface area (TPSA) is 21.3 Å². The fraction of sp³-hybridized carbons (Fsp3) is 0.538. The van der Waals surface area contributed by atoms with Gasteiger partial charge in [0.05, 0.1) is 11.6 Å². The summed E-state index contributed by atoms with van der Waals surface area (Å²) in [5.41, 5.74) is 0.00690. The summed E-state index contributed by atoms with van der Waals surface area (Å²) < 4.78 is 32.0. The Hall–Kier alpha value is -1.00. The first-order chi connectivity index (χ1) is 7.90. The molecular formula is C13H19F2NO. The van der Waals surface area contributed by atoms with Crippen LogP contribution < -0.4 is 5.32 Å². The summed E-state index contributed by atoms with van der Waals surface area (Å²) in [6, 6.07) is 3.24. The average molecular weight is 243 g/mol. The third-order valence-electron chi connectivity index (χ3n) is 2.72. The Morgan fingerprint density at radius 2 is 1.76 bits per heavy atom. The zero-order valence-corrected chi connectivity index (χ0v) is 10.7. The van der Waals surface area contributed by atoms with Crippen molar-refractivity contribution in [2.75, 3.05) is 13.7 Å². The van der Waals surface area contributed by atoms with E-state index in [0.29, 0.717) is 12.2 Å². The molecule has 0 aromatic heterocycles. The molecule has 0 heterocycles. The molecule has 0 aliphatic carbocycles. The quantitative estimate of drug-likeness (QED) is 0.858. The molecule has 17 heavy (non-hydrogen) atoms. The molecule has 4 heteroatoms. The second-order valence-electron chi connectivity index (χ2n) is 4.46. The second kappa shape index (κ2) is 5.56. The zero-order valence-electron chi connectivity index (χ0n) is 10.7. The predicted molar refractivity (Wildman–Crippen MR) is 63.9 cm³/mol. The lowest BCUT2D eigenvalue weighted by Crippen LogP contribution is -2.40. The first-order valence-corrected chi connectivity index (χ1v) is 5.68. The van der Waals surface area contributed by atoms with Crippen molar-refractivity contribution < 1.29 is 13.5 Å². The smallest absolute Gasteiger partial charge is 0.126 e. The molecule has 1 atom stereocenters. The number of rotatable bonds is 5. The number of halogens is 2. The van der Waals surface area contributed by atoms with Crippen LogP contribution in [0, 0.1) is 11.6 Å². The molecule has 0 fully saturated rings. The molecule has 2 nitrogen and oxygen atoms in total. The standard InChI is InChI=1S/C13H19F2NO/c1-5-17-13(2,3)12(16-4)9-6-10(14)8-11(15)7-9/h6-8,12,16H,5H2,1-4H3. The van der Waals surface area contributed by atoms with Crippen molar-refractivity contribution in [2.24, 2.45) is 0 Å². The Morgan fingerprint density at radius 3 is 2.18 bits per heavy atom. The minimum Gasteiger partial charge on any atom is -0.374 e. The van der Waals surface area contributed by atoms with E-state index in [1.807, 2.05) is 20.8 Å². The molecule has 0 saturated carbocycles. The summed E-state index contributed by atoms with van der Waals surface area (Å²) in [5.74, 6) is -1.15. The van der Waals surface area contributed by atoms with Gasteiger partial charge in [0.15, 0.2) is 0 Å². The highest BCUT2D eigenvalue weighted by Gasteiger charge is 2.30. The first-order valence-electron chi connectivity index (χ1n) is 5.68. The van der Waals surface area contributed by atoms with Crippen molar-refractivity contribution in [2.45, 2.75) is 32.4 Å². The van der Waals surface area contributed by atoms with Crippen LogP contribution in [0.1, 0.15) is 32.4 Å². The van der Waals surface area contributed by atoms with Crippen molar-refractivity contribution in [1.29, 1.82) is 0 Å². The molecule has 0 saturated heterocycles. The van der Waals surface area contributed by atoms with Gasteiger partial charge in [-0.1, -0.05) is 0 Å². The Balaban J connectivity index is 3.08. The highest BCUT2D eigenvalue weighted by atomic mass is 19.1. The second-order valence-corrected chi connectivity index (χ2v) is 4.46. The lowest BCUT2D eigenvalue weighted by molar-refractivity contribution is -0.0375. The molecule has 1 rings (SSSR count). The van der Waals surface area contributed by atoms with Crippen LogP contribution in [0.25, 0.3) is 0 Å². The number of hydrogen-bond acceptors (Lipinski definition) is 2. The highest BCUT2D eigenvalue weighted by Crippen LogP contribution is 2.29. The molecule has 1 aromatic carbocycles. The van der Waals surface area contributed by atoms with E-state index in [2.05, 4.69) is 5.32 Å². The minimum atomic E-state index is -0.576. The highest BCUT2D eigenvalue weighted by molar-refractivity contribution is 5.23. The minimum absolute atomic E-state index is 0.271. The van der Waals surface area contributed by atoms with Crippen LogP contribution in [0.4, 0.5) is 8.78 Å². The van der Waals surface area contributed by atoms with E-state index in [-0.39, 0.29) is 6.04 Å². The number of nitrogens with one attached hydrogen (secondary N) is 1. The van der Waals surface area contributed by atoms with Crippen molar-refractivity contribution in [3.8, 4) is 0 Å². The van der Waals surface area contributed by atoms with Crippen LogP contribution in [0.15, 0.2) is 18.2 Å². The molecule has 1 aromatic rings. The van der Waals surface area contributed by atoms with Gasteiger partial charge < -0.3 is 10.1 Å². The maximum atomic E-state index is 13.2. The monoisotopic (exact) mass is 243 g/mol. The van der Waals surface area contributed by atoms with Crippen LogP contribution >= 0.6 is 0 Å². The van der Waals surface area contributed by atoms with Crippen molar-refractivity contribution >= 4 is 0 Å². The molecule has 1 unspecified atom stereocenters. The van der Waals surface area contributed by atoms with E-state index < -0.39 is 17.2 Å². The fourth-order valence-corrected chi connectivity index (χ4v) is 2.11. The van der Waals surface area contributed by atoms with Crippen LogP contribution in [0.3, 0.4) is 0 Å². The molecular weight excluding hydrogens is 224 g/mol. The third-order valence-corrected chi connectivity index (χ3v) is 2.72. The summed E-state index contributed by atoms with van der Waals surface area (Å²) in [6.07, 6.45) is 0. The number of ether oxygens (including phenoxy) is 1. The molecule has 0 bridgehead atoms. The van der Waals surface area contributed by atoms with Crippen LogP contribution in [-0.4, -0.2) is 19.3 Å². The third kappa shape index (κ3) is 3.48. The van der Waals surface area contributed by atoms with E-state index >= 15 is 0 Å². The van der Waals surface area contributed by atoms with E-state index in [1.165, 1.54) is 12.1 Å². The molecule has 0 aliphatic heterocycles. The number of benzene rings is 1. The molecule has 96 valence electrons. The molecule has 1 N–H and O–H groups in total. The summed E-state index contributed by atoms with van der Waals surface area (Å²) in [5, 5.41) is 3.04. The fourth-order valence-electron chi connectivity index (χ4n) is 2.11. The van der Waals surface area contributed by atoms with Crippen molar-refractivity contribution in [1.82, 2.24) is 5.32 Å². The lowest BCUT2D eigenvalue weighted by Gasteiger charge is -2.34. The largest absolute Gasteiger partial charge is 0.374 e. The Morgan fingerprint density at radius 1 is 1.24 bits per heavy atom. The molecule has 0 spiro atoms. The van der Waals surface area contributed by atoms with Gasteiger partial charge in [0.2, 0.25) is 0 Å². The normalized spacial score (nSPS) is 13.8. The van der Waals surface area contributed by atoms with Crippen molar-refractivity contribution in [3.05, 3.63) is 35.4 Å². The van der Waals surface area contributed by atoms with E-state index in [1.54, 1.807) is 7.05 Å². The van der Waals surface area contributed by atoms with Gasteiger partial charge in [-0.3, -0.25) is 0 Å². The van der Waals surface area contributed by atoms with Gasteiger partial charge >= 0.3 is 0 Å². The maximum absolute atomic E-state index is 13.2. The van der Waals surface area contributed by atoms with Gasteiger partial charge in [-0.2, -0.15) is 0 Å². The van der Waals surface area contributed by atoms with Gasteiger partial charge in [0.25, 0.3) is 0 Å². The Bertz CT molecular complexity index is 359. The lowest BCUT2D eigenvalue weighted by atomic mass is 9.91. The van der Waals surface area contributed by atoms with Crippen LogP contribution in [-0.2, 0) is 4.74 Å². The number of likely N-dealkylation sites (N-methyl/N-ethyl adjacent to an activating group) is 1. The molecule has 0 amide bonds. The Labute approximate surface area is 101 Å². The average Bonchev–Trinajstić information content (AvgIpc) is 2.15. The SMILES string of the molecule is CCOC(C)(C)C(NC)c1cc(F)cc(F)c1. The summed E-state index contributed by atoms with van der Waals surface area (Å²) in [7, 11) is 1.74. The van der Waals surface area contributed by atoms with E-state index in [4.69, 9.17) is 4.74 Å². The van der Waals surface area contributed by atoms with Gasteiger partial charge in [-0.25, -0.2) is 8.78 Å². The van der Waals surface area contributed by atoms with Gasteiger partial charge in [-0.05, 0) is 45.5 Å². The first kappa shape index (κ1) is 14.1. The summed E-state index contributed by atoms with van der Waals surface area (Å²) in [6.45, 7) is 6.21. The van der Waals surface area contributed by atoms with Gasteiger partial charge in [-0.15, -0.1) is 0 Å². The molecule has 0 aliphatic rings. The maximum Gasteiger partial charge on any atom is 0.126 e. The predicted octanol–water partition coefficient (Wildman–Crippen LogP) is 3.04. The van der Waals surface area contributed by atoms with Crippen LogP contribution in [0.2, 0.25) is 0 Å². The zero-order chi connectivity index (χ0) is 13.1. The summed E-state index contributed by atoms with van der Waals surface area (Å²) in [4.78, 5) is 0. The van der Waals surface area contributed by atoms with E-state index in [9.17, 15) is 8.78 Å². The van der Waals surface area contributed by atoms with Gasteiger partial charge in [0, 0.05) is 12.7 Å². The van der Waals surface area contributed by atoms with Gasteiger partial charge in [0.1, 0.15) is 11.6 Å². The Kier molecular flexibility index (Phi) is 4.60.